The number of pyridine rings is 1. The quantitative estimate of drug-likeness (QED) is 0.0386. The lowest BCUT2D eigenvalue weighted by Crippen LogP contribution is -2.58. The number of ether oxygens (including phenoxy) is 1. The summed E-state index contributed by atoms with van der Waals surface area (Å²) in [7, 11) is 0. The molecule has 11 rings (SSSR count). The maximum atomic E-state index is 17.2. The first kappa shape index (κ1) is 56.1. The average Bonchev–Trinajstić information content (AvgIpc) is 4.31. The van der Waals surface area contributed by atoms with E-state index in [-0.39, 0.29) is 94.4 Å². The fourth-order valence-electron chi connectivity index (χ4n) is 12.2. The van der Waals surface area contributed by atoms with Gasteiger partial charge in [-0.1, -0.05) is 69.2 Å². The Balaban J connectivity index is 0.712. The third-order valence-corrected chi connectivity index (χ3v) is 17.4. The highest BCUT2D eigenvalue weighted by Crippen LogP contribution is 2.40. The van der Waals surface area contributed by atoms with Crippen molar-refractivity contribution in [3.63, 3.8) is 0 Å². The van der Waals surface area contributed by atoms with Crippen LogP contribution >= 0.6 is 11.3 Å². The molecule has 5 aliphatic rings. The van der Waals surface area contributed by atoms with Gasteiger partial charge >= 0.3 is 6.01 Å². The molecule has 5 aliphatic heterocycles. The number of carbonyl (C=O) groups excluding carboxylic acids is 3. The number of hydrogen-bond acceptors (Lipinski definition) is 16. The van der Waals surface area contributed by atoms with Crippen LogP contribution in [0.1, 0.15) is 95.5 Å². The van der Waals surface area contributed by atoms with Gasteiger partial charge in [0.2, 0.25) is 17.7 Å². The Hall–Kier alpha value is -7.77. The van der Waals surface area contributed by atoms with Crippen molar-refractivity contribution < 1.29 is 33.0 Å². The highest BCUT2D eigenvalue weighted by molar-refractivity contribution is 7.13. The van der Waals surface area contributed by atoms with Crippen molar-refractivity contribution in [3.8, 4) is 45.8 Å². The molecule has 82 heavy (non-hydrogen) atoms. The highest BCUT2D eigenvalue weighted by Gasteiger charge is 2.42. The fourth-order valence-corrected chi connectivity index (χ4v) is 13.0. The first-order valence-corrected chi connectivity index (χ1v) is 29.0. The van der Waals surface area contributed by atoms with Gasteiger partial charge in [0.1, 0.15) is 47.3 Å². The number of anilines is 1. The smallest absolute Gasteiger partial charge is 0.319 e. The maximum absolute atomic E-state index is 17.2. The predicted molar refractivity (Wildman–Crippen MR) is 312 cm³/mol. The second kappa shape index (κ2) is 23.2. The number of phenols is 1. The lowest BCUT2D eigenvalue weighted by Gasteiger charge is -2.35. The largest absolute Gasteiger partial charge is 0.508 e. The van der Waals surface area contributed by atoms with Crippen LogP contribution in [-0.2, 0) is 14.4 Å². The average molecular weight is 1130 g/mol. The Bertz CT molecular complexity index is 3530. The number of likely N-dealkylation sites (tertiary alicyclic amines) is 2. The van der Waals surface area contributed by atoms with Gasteiger partial charge in [0, 0.05) is 99.3 Å². The van der Waals surface area contributed by atoms with Gasteiger partial charge in [-0.2, -0.15) is 9.97 Å². The molecule has 6 N–H and O–H groups in total. The van der Waals surface area contributed by atoms with E-state index in [0.717, 1.165) is 45.8 Å². The number of phenolic OH excluding ortho intramolecular Hbond substituents is 1. The summed E-state index contributed by atoms with van der Waals surface area (Å²) in [5.41, 5.74) is 12.4. The van der Waals surface area contributed by atoms with Crippen LogP contribution in [0.3, 0.4) is 0 Å². The van der Waals surface area contributed by atoms with E-state index in [0.29, 0.717) is 81.5 Å². The summed E-state index contributed by atoms with van der Waals surface area (Å²) in [4.78, 5) is 67.4. The van der Waals surface area contributed by atoms with E-state index < -0.39 is 29.1 Å². The van der Waals surface area contributed by atoms with E-state index in [4.69, 9.17) is 16.1 Å². The molecule has 18 nitrogen and oxygen atoms in total. The molecule has 0 saturated carbocycles. The zero-order valence-corrected chi connectivity index (χ0v) is 47.6. The molecule has 2 unspecified atom stereocenters. The third kappa shape index (κ3) is 11.7. The van der Waals surface area contributed by atoms with Crippen molar-refractivity contribution in [1.29, 1.82) is 0 Å². The SMILES string of the molecule is C#Cc1c(F)ccc2cc(O)cc(-c3ncc4c(N5CC6CCC(C5)N6)nc(OC[C@@H]5CC(=C)CN5CCC5=CN(CCC(=O)N[C@H](C(=O)N6CCC[C@H]6C(=O)N[C@@H](C)c6ccc(-c7scnc7C)cc6)C(C)(C)C)NN5)nc4c3F)c12. The number of hydrazine groups is 2. The fraction of sp³-hybridized carbons (Fsp3) is 0.426. The van der Waals surface area contributed by atoms with Gasteiger partial charge in [-0.05, 0) is 86.1 Å². The number of aryl methyl sites for hydroxylation is 1. The summed E-state index contributed by atoms with van der Waals surface area (Å²) in [5, 5.41) is 23.4. The van der Waals surface area contributed by atoms with Gasteiger partial charge in [-0.15, -0.1) is 23.3 Å². The first-order valence-electron chi connectivity index (χ1n) is 28.1. The van der Waals surface area contributed by atoms with E-state index in [9.17, 15) is 19.5 Å². The van der Waals surface area contributed by atoms with Crippen molar-refractivity contribution in [3.05, 3.63) is 113 Å². The van der Waals surface area contributed by atoms with Crippen LogP contribution in [0.5, 0.6) is 11.8 Å². The number of aromatic nitrogens is 4. The number of carbonyl (C=O) groups is 3. The van der Waals surface area contributed by atoms with Crippen molar-refractivity contribution in [1.82, 2.24) is 61.7 Å². The van der Waals surface area contributed by atoms with Gasteiger partial charge in [0.25, 0.3) is 0 Å². The Morgan fingerprint density at radius 1 is 1.02 bits per heavy atom. The molecule has 2 bridgehead atoms. The normalized spacial score (nSPS) is 20.7. The molecule has 0 aliphatic carbocycles. The molecule has 0 radical (unpaired) electrons. The van der Waals surface area contributed by atoms with E-state index in [1.54, 1.807) is 21.2 Å². The molecule has 0 spiro atoms. The van der Waals surface area contributed by atoms with Crippen molar-refractivity contribution >= 4 is 56.6 Å². The Labute approximate surface area is 479 Å². The predicted octanol–water partition coefficient (Wildman–Crippen LogP) is 7.54. The van der Waals surface area contributed by atoms with Gasteiger partial charge in [0.15, 0.2) is 5.82 Å². The highest BCUT2D eigenvalue weighted by atomic mass is 32.1. The molecular weight excluding hydrogens is 1060 g/mol. The number of halogens is 2. The van der Waals surface area contributed by atoms with Crippen molar-refractivity contribution in [2.24, 2.45) is 5.41 Å². The molecule has 6 aromatic rings. The molecule has 4 saturated heterocycles. The monoisotopic (exact) mass is 1130 g/mol. The summed E-state index contributed by atoms with van der Waals surface area (Å²) < 4.78 is 38.8. The molecule has 3 amide bonds. The number of nitrogens with one attached hydrogen (secondary N) is 5. The number of fused-ring (bicyclic) bond motifs is 4. The first-order chi connectivity index (χ1) is 39.4. The van der Waals surface area contributed by atoms with Gasteiger partial charge < -0.3 is 41.0 Å². The van der Waals surface area contributed by atoms with E-state index in [2.05, 4.69) is 64.2 Å². The lowest BCUT2D eigenvalue weighted by atomic mass is 9.85. The molecule has 3 aromatic heterocycles. The molecule has 6 atom stereocenters. The van der Waals surface area contributed by atoms with Crippen LogP contribution < -0.4 is 36.5 Å². The van der Waals surface area contributed by atoms with E-state index in [1.807, 2.05) is 70.6 Å². The maximum Gasteiger partial charge on any atom is 0.319 e. The summed E-state index contributed by atoms with van der Waals surface area (Å²) in [6, 6.07) is 12.2. The number of benzene rings is 3. The van der Waals surface area contributed by atoms with Gasteiger partial charge in [0.05, 0.1) is 33.1 Å². The number of amides is 3. The number of piperazine rings is 1. The summed E-state index contributed by atoms with van der Waals surface area (Å²) >= 11 is 1.59. The lowest BCUT2D eigenvalue weighted by molar-refractivity contribution is -0.144. The minimum atomic E-state index is -0.853. The minimum Gasteiger partial charge on any atom is -0.508 e. The minimum absolute atomic E-state index is 0.00494. The summed E-state index contributed by atoms with van der Waals surface area (Å²) in [5.74, 6) is 0.512. The molecule has 21 heteroatoms. The number of thiazole rings is 1. The van der Waals surface area contributed by atoms with Crippen LogP contribution in [0.25, 0.3) is 43.4 Å². The van der Waals surface area contributed by atoms with E-state index in [1.165, 1.54) is 30.5 Å². The van der Waals surface area contributed by atoms with Gasteiger partial charge in [-0.3, -0.25) is 29.3 Å². The number of nitrogens with zero attached hydrogens (tertiary/aromatic N) is 8. The van der Waals surface area contributed by atoms with E-state index >= 15 is 8.78 Å². The number of aromatic hydroxyl groups is 1. The van der Waals surface area contributed by atoms with Crippen LogP contribution in [0, 0.1) is 36.3 Å². The zero-order valence-electron chi connectivity index (χ0n) is 46.8. The molecule has 3 aromatic carbocycles. The second-order valence-corrected chi connectivity index (χ2v) is 24.2. The standard InChI is InChI=1S/C61H69F2N13O5S/c1-8-45-48(62)18-15-39-25-44(77)26-46(51(39)45)53-52(63)54-47(27-64-53)57(74-29-40-16-17-41(30-74)67-40)70-60(69-54)81-32-43-24-34(2)28-73(43)22-19-42-31-75(72-71-42)23-20-50(78)68-56(61(5,6)7)59(80)76-21-9-10-49(76)58(79)66-35(3)37-11-13-38(14-12-37)55-36(4)65-33-82-55/h1,11-15,18,25-27,31,33,35,40-41,43,49,56,67,71-72,77H,2,9-10,16-17,19-24,28-30,32H2,3-7H3,(H,66,79)(H,68,78)/t35-,40?,41?,43-,49-,56+/m0/s1. The molecule has 4 fully saturated rings. The third-order valence-electron chi connectivity index (χ3n) is 16.4. The zero-order chi connectivity index (χ0) is 57.6. The summed E-state index contributed by atoms with van der Waals surface area (Å²) in [6.45, 7) is 17.5. The molecule has 8 heterocycles. The number of terminal acetylenes is 1. The topological polar surface area (TPSA) is 205 Å². The second-order valence-electron chi connectivity index (χ2n) is 23.4. The van der Waals surface area contributed by atoms with Crippen molar-refractivity contribution in [2.75, 3.05) is 50.8 Å². The van der Waals surface area contributed by atoms with Crippen LogP contribution in [0.4, 0.5) is 14.6 Å². The van der Waals surface area contributed by atoms with Crippen LogP contribution in [-0.4, -0.2) is 134 Å². The Morgan fingerprint density at radius 2 is 1.80 bits per heavy atom. The Morgan fingerprint density at radius 3 is 2.54 bits per heavy atom. The van der Waals surface area contributed by atoms with Crippen molar-refractivity contribution in [2.45, 2.75) is 116 Å². The number of hydrogen-bond donors (Lipinski definition) is 6. The van der Waals surface area contributed by atoms with Gasteiger partial charge in [-0.25, -0.2) is 13.8 Å². The molecular formula is C61H69F2N13O5S. The number of rotatable bonds is 17. The summed E-state index contributed by atoms with van der Waals surface area (Å²) in [6.07, 6.45) is 13.9. The Kier molecular flexibility index (Phi) is 15.9. The van der Waals surface area contributed by atoms with Crippen LogP contribution in [0.15, 0.2) is 84.3 Å². The molecule has 428 valence electrons. The van der Waals surface area contributed by atoms with Crippen LogP contribution in [0.2, 0.25) is 0 Å².